The Hall–Kier alpha value is -1.41. The summed E-state index contributed by atoms with van der Waals surface area (Å²) in [5, 5.41) is 3.63. The van der Waals surface area contributed by atoms with Crippen LogP contribution in [0.25, 0.3) is 0 Å². The molecule has 0 aromatic carbocycles. The first-order chi connectivity index (χ1) is 9.39. The lowest BCUT2D eigenvalue weighted by molar-refractivity contribution is 0.0733. The molecule has 0 spiro atoms. The third kappa shape index (κ3) is 2.03. The van der Waals surface area contributed by atoms with Crippen molar-refractivity contribution in [3.63, 3.8) is 0 Å². The molecule has 2 fully saturated rings. The lowest BCUT2D eigenvalue weighted by Gasteiger charge is -2.24. The minimum atomic E-state index is -3.20. The summed E-state index contributed by atoms with van der Waals surface area (Å²) >= 11 is 0. The van der Waals surface area contributed by atoms with Gasteiger partial charge in [-0.3, -0.25) is 4.79 Å². The number of likely N-dealkylation sites (tertiary alicyclic amines) is 1. The highest BCUT2D eigenvalue weighted by Gasteiger charge is 2.47. The van der Waals surface area contributed by atoms with E-state index in [-0.39, 0.29) is 18.0 Å². The molecule has 0 unspecified atom stereocenters. The fourth-order valence-corrected chi connectivity index (χ4v) is 4.44. The Morgan fingerprint density at radius 2 is 2.05 bits per heavy atom. The van der Waals surface area contributed by atoms with Gasteiger partial charge in [0.1, 0.15) is 11.3 Å². The van der Waals surface area contributed by atoms with Gasteiger partial charge < -0.3 is 9.42 Å². The van der Waals surface area contributed by atoms with Crippen molar-refractivity contribution < 1.29 is 17.7 Å². The van der Waals surface area contributed by atoms with Crippen LogP contribution in [0.4, 0.5) is 0 Å². The number of fused-ring (bicyclic) bond motifs is 1. The predicted octanol–water partition coefficient (Wildman–Crippen LogP) is 0.231. The molecule has 0 saturated carbocycles. The molecule has 0 radical (unpaired) electrons. The zero-order chi connectivity index (χ0) is 14.5. The number of aryl methyl sites for hydroxylation is 1. The van der Waals surface area contributed by atoms with E-state index in [0.29, 0.717) is 37.3 Å². The largest absolute Gasteiger partial charge is 0.361 e. The summed E-state index contributed by atoms with van der Waals surface area (Å²) in [6, 6.07) is -0.124. The van der Waals surface area contributed by atoms with Crippen molar-refractivity contribution in [2.75, 3.05) is 19.3 Å². The third-order valence-corrected chi connectivity index (χ3v) is 5.50. The Morgan fingerprint density at radius 1 is 1.35 bits per heavy atom. The molecule has 1 amide bonds. The lowest BCUT2D eigenvalue weighted by Crippen LogP contribution is -2.41. The van der Waals surface area contributed by atoms with E-state index < -0.39 is 10.0 Å². The van der Waals surface area contributed by atoms with Crippen molar-refractivity contribution in [2.24, 2.45) is 0 Å². The molecule has 8 heteroatoms. The van der Waals surface area contributed by atoms with E-state index in [2.05, 4.69) is 5.16 Å². The zero-order valence-corrected chi connectivity index (χ0v) is 12.3. The fraction of sp³-hybridized carbons (Fsp3) is 0.667. The highest BCUT2D eigenvalue weighted by atomic mass is 32.2. The van der Waals surface area contributed by atoms with Crippen molar-refractivity contribution in [1.29, 1.82) is 0 Å². The van der Waals surface area contributed by atoms with Crippen LogP contribution in [0.3, 0.4) is 0 Å². The Balaban J connectivity index is 1.83. The first kappa shape index (κ1) is 13.6. The molecule has 3 rings (SSSR count). The summed E-state index contributed by atoms with van der Waals surface area (Å²) in [5.41, 5.74) is 0.462. The number of sulfonamides is 1. The fourth-order valence-electron chi connectivity index (χ4n) is 3.27. The Kier molecular flexibility index (Phi) is 3.09. The van der Waals surface area contributed by atoms with E-state index in [1.165, 1.54) is 16.8 Å². The van der Waals surface area contributed by atoms with Crippen molar-refractivity contribution in [2.45, 2.75) is 31.8 Å². The van der Waals surface area contributed by atoms with Gasteiger partial charge >= 0.3 is 0 Å². The molecule has 3 heterocycles. The van der Waals surface area contributed by atoms with Gasteiger partial charge in [-0.25, -0.2) is 8.42 Å². The van der Waals surface area contributed by atoms with Crippen LogP contribution in [0.5, 0.6) is 0 Å². The maximum absolute atomic E-state index is 12.5. The smallest absolute Gasteiger partial charge is 0.259 e. The molecule has 1 aromatic rings. The summed E-state index contributed by atoms with van der Waals surface area (Å²) in [5.74, 6) is 0.378. The summed E-state index contributed by atoms with van der Waals surface area (Å²) in [4.78, 5) is 14.2. The van der Waals surface area contributed by atoms with E-state index in [4.69, 9.17) is 4.52 Å². The van der Waals surface area contributed by atoms with Gasteiger partial charge in [0.25, 0.3) is 5.91 Å². The molecule has 2 aliphatic heterocycles. The second kappa shape index (κ2) is 4.56. The van der Waals surface area contributed by atoms with E-state index in [9.17, 15) is 13.2 Å². The maximum Gasteiger partial charge on any atom is 0.259 e. The van der Waals surface area contributed by atoms with Gasteiger partial charge in [0.15, 0.2) is 0 Å². The zero-order valence-electron chi connectivity index (χ0n) is 11.4. The van der Waals surface area contributed by atoms with Crippen LogP contribution in [0.1, 0.15) is 29.0 Å². The van der Waals surface area contributed by atoms with Crippen LogP contribution in [-0.2, 0) is 10.0 Å². The molecular weight excluding hydrogens is 282 g/mol. The third-order valence-electron chi connectivity index (χ3n) is 4.19. The summed E-state index contributed by atoms with van der Waals surface area (Å²) in [6.45, 7) is 2.76. The van der Waals surface area contributed by atoms with Gasteiger partial charge in [-0.2, -0.15) is 4.31 Å². The number of hydrogen-bond acceptors (Lipinski definition) is 5. The Labute approximate surface area is 117 Å². The molecule has 7 nitrogen and oxygen atoms in total. The van der Waals surface area contributed by atoms with Crippen LogP contribution >= 0.6 is 0 Å². The minimum absolute atomic E-state index is 0.0356. The predicted molar refractivity (Wildman–Crippen MR) is 70.6 cm³/mol. The van der Waals surface area contributed by atoms with Crippen molar-refractivity contribution in [3.05, 3.63) is 17.5 Å². The first-order valence-corrected chi connectivity index (χ1v) is 8.43. The number of rotatable bonds is 2. The van der Waals surface area contributed by atoms with Gasteiger partial charge in [0.05, 0.1) is 12.5 Å². The van der Waals surface area contributed by atoms with Crippen LogP contribution < -0.4 is 0 Å². The number of carbonyl (C=O) groups excluding carboxylic acids is 1. The van der Waals surface area contributed by atoms with Crippen LogP contribution in [0, 0.1) is 6.92 Å². The monoisotopic (exact) mass is 299 g/mol. The number of nitrogens with zero attached hydrogens (tertiary/aromatic N) is 3. The molecular formula is C12H17N3O4S. The molecule has 2 saturated heterocycles. The quantitative estimate of drug-likeness (QED) is 0.780. The van der Waals surface area contributed by atoms with Crippen molar-refractivity contribution in [3.8, 4) is 0 Å². The molecule has 110 valence electrons. The molecule has 2 aliphatic rings. The normalized spacial score (nSPS) is 27.0. The van der Waals surface area contributed by atoms with Gasteiger partial charge in [-0.05, 0) is 19.8 Å². The van der Waals surface area contributed by atoms with E-state index in [1.807, 2.05) is 0 Å². The van der Waals surface area contributed by atoms with E-state index in [0.717, 1.165) is 0 Å². The standard InChI is InChI=1S/C12H17N3O4S/c1-8-9(7-13-19-8)12(16)14-5-3-11-10(14)4-6-15(11)20(2,17)18/h7,10-11H,3-6H2,1-2H3/t10-,11+/m1/s1. The number of amides is 1. The maximum atomic E-state index is 12.5. The highest BCUT2D eigenvalue weighted by molar-refractivity contribution is 7.88. The average Bonchev–Trinajstić information content (AvgIpc) is 3.00. The van der Waals surface area contributed by atoms with Crippen molar-refractivity contribution in [1.82, 2.24) is 14.4 Å². The average molecular weight is 299 g/mol. The van der Waals surface area contributed by atoms with Gasteiger partial charge in [-0.15, -0.1) is 0 Å². The van der Waals surface area contributed by atoms with Crippen LogP contribution in [-0.4, -0.2) is 60.1 Å². The second-order valence-corrected chi connectivity index (χ2v) is 7.32. The SMILES string of the molecule is Cc1oncc1C(=O)N1CC[C@H]2[C@H]1CCN2S(C)(=O)=O. The van der Waals surface area contributed by atoms with E-state index >= 15 is 0 Å². The molecule has 1 aromatic heterocycles. The lowest BCUT2D eigenvalue weighted by atomic mass is 10.1. The molecule has 2 atom stereocenters. The molecule has 0 N–H and O–H groups in total. The second-order valence-electron chi connectivity index (χ2n) is 5.38. The van der Waals surface area contributed by atoms with Gasteiger partial charge in [0.2, 0.25) is 10.0 Å². The first-order valence-electron chi connectivity index (χ1n) is 6.58. The number of aromatic nitrogens is 1. The Bertz CT molecular complexity index is 639. The van der Waals surface area contributed by atoms with Gasteiger partial charge in [0, 0.05) is 25.2 Å². The molecule has 0 aliphatic carbocycles. The summed E-state index contributed by atoms with van der Waals surface area (Å²) < 4.78 is 29.9. The molecule has 20 heavy (non-hydrogen) atoms. The van der Waals surface area contributed by atoms with Crippen LogP contribution in [0.2, 0.25) is 0 Å². The van der Waals surface area contributed by atoms with Gasteiger partial charge in [-0.1, -0.05) is 5.16 Å². The molecule has 0 bridgehead atoms. The number of carbonyl (C=O) groups is 1. The van der Waals surface area contributed by atoms with Crippen LogP contribution in [0.15, 0.2) is 10.7 Å². The topological polar surface area (TPSA) is 83.7 Å². The number of hydrogen-bond donors (Lipinski definition) is 0. The Morgan fingerprint density at radius 3 is 2.65 bits per heavy atom. The highest BCUT2D eigenvalue weighted by Crippen LogP contribution is 2.34. The van der Waals surface area contributed by atoms with Crippen molar-refractivity contribution >= 4 is 15.9 Å². The minimum Gasteiger partial charge on any atom is -0.361 e. The summed E-state index contributed by atoms with van der Waals surface area (Å²) in [6.07, 6.45) is 4.03. The summed E-state index contributed by atoms with van der Waals surface area (Å²) in [7, 11) is -3.20. The van der Waals surface area contributed by atoms with E-state index in [1.54, 1.807) is 11.8 Å².